The first-order chi connectivity index (χ1) is 11.2. The van der Waals surface area contributed by atoms with E-state index < -0.39 is 0 Å². The van der Waals surface area contributed by atoms with Crippen LogP contribution in [0.1, 0.15) is 95.4 Å². The van der Waals surface area contributed by atoms with Crippen molar-refractivity contribution in [3.8, 4) is 0 Å². The Morgan fingerprint density at radius 3 is 1.29 bits per heavy atom. The van der Waals surface area contributed by atoms with Gasteiger partial charge in [0.25, 0.3) is 0 Å². The highest BCUT2D eigenvalue weighted by Gasteiger charge is 2.03. The van der Waals surface area contributed by atoms with Gasteiger partial charge in [-0.2, -0.15) is 0 Å². The lowest BCUT2D eigenvalue weighted by molar-refractivity contribution is 0.626. The summed E-state index contributed by atoms with van der Waals surface area (Å²) >= 11 is 0. The standard InChI is InChI=1S/C11H16.C5H12.2C3H8.C2H6/c1-6-8-11(9(3)4)10(5)7-2;1-4-5(2)3;2*1-3-2;1-2/h6-8,10H,1-3H2,4-5H3;5H,4H2,1-3H3;2*3H2,1-2H3;1-2H3/b11-8-;;;;. The van der Waals surface area contributed by atoms with Crippen LogP contribution in [-0.4, -0.2) is 0 Å². The van der Waals surface area contributed by atoms with E-state index in [2.05, 4.69) is 75.1 Å². The summed E-state index contributed by atoms with van der Waals surface area (Å²) < 4.78 is 0. The second-order valence-corrected chi connectivity index (χ2v) is 5.88. The summed E-state index contributed by atoms with van der Waals surface area (Å²) in [5.41, 5.74) is 2.28. The third-order valence-corrected chi connectivity index (χ3v) is 2.45. The van der Waals surface area contributed by atoms with E-state index >= 15 is 0 Å². The Labute approximate surface area is 156 Å². The van der Waals surface area contributed by atoms with Crippen molar-refractivity contribution in [2.45, 2.75) is 95.4 Å². The minimum absolute atomic E-state index is 0.366. The Morgan fingerprint density at radius 1 is 0.875 bits per heavy atom. The van der Waals surface area contributed by atoms with E-state index in [1.54, 1.807) is 6.08 Å². The highest BCUT2D eigenvalue weighted by molar-refractivity contribution is 5.33. The Bertz CT molecular complexity index is 264. The molecule has 0 aromatic carbocycles. The molecule has 1 unspecified atom stereocenters. The van der Waals surface area contributed by atoms with Gasteiger partial charge in [0.15, 0.2) is 0 Å². The van der Waals surface area contributed by atoms with Gasteiger partial charge in [-0.05, 0) is 24.3 Å². The van der Waals surface area contributed by atoms with Gasteiger partial charge in [0.05, 0.1) is 0 Å². The van der Waals surface area contributed by atoms with E-state index in [4.69, 9.17) is 0 Å². The van der Waals surface area contributed by atoms with Crippen LogP contribution in [0.15, 0.2) is 49.1 Å². The maximum Gasteiger partial charge on any atom is -0.00107 e. The van der Waals surface area contributed by atoms with Gasteiger partial charge in [0, 0.05) is 0 Å². The van der Waals surface area contributed by atoms with Crippen LogP contribution in [0.4, 0.5) is 0 Å². The van der Waals surface area contributed by atoms with Crippen molar-refractivity contribution in [2.75, 3.05) is 0 Å². The van der Waals surface area contributed by atoms with Gasteiger partial charge in [-0.15, -0.1) is 6.58 Å². The fourth-order valence-corrected chi connectivity index (χ4v) is 0.937. The highest BCUT2D eigenvalue weighted by atomic mass is 14.1. The van der Waals surface area contributed by atoms with Crippen LogP contribution in [-0.2, 0) is 0 Å². The van der Waals surface area contributed by atoms with E-state index in [9.17, 15) is 0 Å². The van der Waals surface area contributed by atoms with Crippen LogP contribution in [0.2, 0.25) is 0 Å². The zero-order valence-electron chi connectivity index (χ0n) is 19.1. The molecule has 0 radical (unpaired) electrons. The number of hydrogen-bond donors (Lipinski definition) is 0. The first-order valence-electron chi connectivity index (χ1n) is 9.84. The van der Waals surface area contributed by atoms with E-state index in [0.717, 1.165) is 11.5 Å². The molecule has 0 aliphatic carbocycles. The van der Waals surface area contributed by atoms with Crippen LogP contribution in [0.3, 0.4) is 0 Å². The normalized spacial score (nSPS) is 10.1. The van der Waals surface area contributed by atoms with Crippen molar-refractivity contribution in [1.29, 1.82) is 0 Å². The van der Waals surface area contributed by atoms with Gasteiger partial charge in [0.1, 0.15) is 0 Å². The summed E-state index contributed by atoms with van der Waals surface area (Å²) in [5.74, 6) is 1.25. The van der Waals surface area contributed by atoms with Crippen molar-refractivity contribution in [3.05, 3.63) is 49.1 Å². The van der Waals surface area contributed by atoms with Crippen molar-refractivity contribution in [3.63, 3.8) is 0 Å². The molecule has 0 heterocycles. The van der Waals surface area contributed by atoms with Gasteiger partial charge >= 0.3 is 0 Å². The minimum atomic E-state index is 0.366. The molecule has 24 heavy (non-hydrogen) atoms. The summed E-state index contributed by atoms with van der Waals surface area (Å²) in [6.45, 7) is 34.5. The average molecular weight is 339 g/mol. The van der Waals surface area contributed by atoms with Crippen LogP contribution in [0.5, 0.6) is 0 Å². The molecule has 0 aromatic rings. The zero-order valence-corrected chi connectivity index (χ0v) is 19.1. The van der Waals surface area contributed by atoms with E-state index in [0.29, 0.717) is 5.92 Å². The molecule has 0 saturated carbocycles. The molecule has 0 aromatic heterocycles. The minimum Gasteiger partial charge on any atom is -0.102 e. The lowest BCUT2D eigenvalue weighted by Gasteiger charge is -2.10. The van der Waals surface area contributed by atoms with Crippen molar-refractivity contribution in [1.82, 2.24) is 0 Å². The van der Waals surface area contributed by atoms with Gasteiger partial charge < -0.3 is 0 Å². The van der Waals surface area contributed by atoms with E-state index in [-0.39, 0.29) is 0 Å². The summed E-state index contributed by atoms with van der Waals surface area (Å²) in [7, 11) is 0. The van der Waals surface area contributed by atoms with Gasteiger partial charge in [-0.3, -0.25) is 0 Å². The summed E-state index contributed by atoms with van der Waals surface area (Å²) in [6.07, 6.45) is 9.47. The van der Waals surface area contributed by atoms with Crippen LogP contribution in [0, 0.1) is 11.8 Å². The van der Waals surface area contributed by atoms with Gasteiger partial charge in [-0.25, -0.2) is 0 Å². The molecular formula is C24H50. The molecule has 0 nitrogen and oxygen atoms in total. The van der Waals surface area contributed by atoms with E-state index in [1.165, 1.54) is 24.8 Å². The Hall–Kier alpha value is -1.04. The number of rotatable bonds is 5. The zero-order chi connectivity index (χ0) is 20.6. The lowest BCUT2D eigenvalue weighted by Crippen LogP contribution is -1.95. The molecule has 0 fully saturated rings. The third kappa shape index (κ3) is 42.8. The van der Waals surface area contributed by atoms with Crippen LogP contribution < -0.4 is 0 Å². The predicted molar refractivity (Wildman–Crippen MR) is 121 cm³/mol. The van der Waals surface area contributed by atoms with Crippen molar-refractivity contribution < 1.29 is 0 Å². The second-order valence-electron chi connectivity index (χ2n) is 5.88. The molecule has 0 bridgehead atoms. The molecule has 0 heteroatoms. The highest BCUT2D eigenvalue weighted by Crippen LogP contribution is 2.18. The second kappa shape index (κ2) is 33.5. The smallest absolute Gasteiger partial charge is 0.00107 e. The molecule has 0 saturated heterocycles. The Morgan fingerprint density at radius 2 is 1.17 bits per heavy atom. The largest absolute Gasteiger partial charge is 0.102 e. The lowest BCUT2D eigenvalue weighted by atomic mass is 9.95. The Kier molecular flexibility index (Phi) is 48.0. The topological polar surface area (TPSA) is 0 Å². The first kappa shape index (κ1) is 34.3. The third-order valence-electron chi connectivity index (χ3n) is 2.45. The maximum absolute atomic E-state index is 3.88. The molecule has 146 valence electrons. The SMILES string of the molecule is C=C/C=C(/C(=C)C)C(C)C=C.CC.CCC.CCC.CCC(C)C. The molecule has 1 atom stereocenters. The maximum atomic E-state index is 3.88. The van der Waals surface area contributed by atoms with Crippen molar-refractivity contribution >= 4 is 0 Å². The fraction of sp³-hybridized carbons (Fsp3) is 0.667. The van der Waals surface area contributed by atoms with Gasteiger partial charge in [-0.1, -0.05) is 125 Å². The summed E-state index contributed by atoms with van der Waals surface area (Å²) in [5, 5.41) is 0. The molecule has 0 amide bonds. The molecule has 0 rings (SSSR count). The van der Waals surface area contributed by atoms with Crippen LogP contribution in [0.25, 0.3) is 0 Å². The molecule has 0 aliphatic heterocycles. The number of allylic oxidation sites excluding steroid dienone is 5. The molecule has 0 aliphatic rings. The molecular weight excluding hydrogens is 288 g/mol. The molecule has 0 spiro atoms. The van der Waals surface area contributed by atoms with Crippen LogP contribution >= 0.6 is 0 Å². The van der Waals surface area contributed by atoms with Crippen molar-refractivity contribution in [2.24, 2.45) is 11.8 Å². The molecule has 0 N–H and O–H groups in total. The summed E-state index contributed by atoms with van der Waals surface area (Å²) in [4.78, 5) is 0. The van der Waals surface area contributed by atoms with Gasteiger partial charge in [0.2, 0.25) is 0 Å². The quantitative estimate of drug-likeness (QED) is 0.346. The monoisotopic (exact) mass is 338 g/mol. The van der Waals surface area contributed by atoms with E-state index in [1.807, 2.05) is 32.9 Å². The summed E-state index contributed by atoms with van der Waals surface area (Å²) in [6, 6.07) is 0. The first-order valence-corrected chi connectivity index (χ1v) is 9.84. The number of hydrogen-bond acceptors (Lipinski definition) is 0. The average Bonchev–Trinajstić information content (AvgIpc) is 2.55. The Balaban J connectivity index is -0.0000000770. The fourth-order valence-electron chi connectivity index (χ4n) is 0.937. The predicted octanol–water partition coefficient (Wildman–Crippen LogP) is 9.41.